The predicted molar refractivity (Wildman–Crippen MR) is 117 cm³/mol. The molecule has 7 heteroatoms. The number of hydrogen-bond donors (Lipinski definition) is 1. The van der Waals surface area contributed by atoms with Gasteiger partial charge in [0.2, 0.25) is 0 Å². The number of thiocarbonyl (C=S) groups is 1. The molecule has 0 saturated carbocycles. The third-order valence-electron chi connectivity index (χ3n) is 4.83. The molecule has 0 bridgehead atoms. The number of nitrogens with one attached hydrogen (secondary N) is 1. The first-order valence-electron chi connectivity index (χ1n) is 9.01. The van der Waals surface area contributed by atoms with Gasteiger partial charge in [-0.15, -0.1) is 0 Å². The first kappa shape index (κ1) is 19.2. The topological polar surface area (TPSA) is 41.3 Å². The molecule has 2 aromatic heterocycles. The molecular weight excluding hydrogens is 413 g/mol. The van der Waals surface area contributed by atoms with Crippen molar-refractivity contribution in [2.24, 2.45) is 0 Å². The zero-order valence-corrected chi connectivity index (χ0v) is 17.7. The van der Waals surface area contributed by atoms with Crippen molar-refractivity contribution in [1.82, 2.24) is 15.2 Å². The van der Waals surface area contributed by atoms with Gasteiger partial charge in [-0.2, -0.15) is 0 Å². The van der Waals surface area contributed by atoms with Crippen LogP contribution in [-0.2, 0) is 0 Å². The number of rotatable bonds is 4. The van der Waals surface area contributed by atoms with Gasteiger partial charge >= 0.3 is 0 Å². The van der Waals surface area contributed by atoms with E-state index < -0.39 is 0 Å². The van der Waals surface area contributed by atoms with Gasteiger partial charge in [0.1, 0.15) is 17.6 Å². The molecule has 1 aromatic carbocycles. The van der Waals surface area contributed by atoms with Gasteiger partial charge in [0.25, 0.3) is 0 Å². The van der Waals surface area contributed by atoms with Crippen molar-refractivity contribution in [3.8, 4) is 11.3 Å². The van der Waals surface area contributed by atoms with Gasteiger partial charge in [-0.3, -0.25) is 4.98 Å². The van der Waals surface area contributed by atoms with E-state index >= 15 is 0 Å². The second-order valence-electron chi connectivity index (χ2n) is 6.93. The van der Waals surface area contributed by atoms with Crippen LogP contribution in [-0.4, -0.2) is 21.0 Å². The van der Waals surface area contributed by atoms with Crippen LogP contribution in [0.15, 0.2) is 59.1 Å². The van der Waals surface area contributed by atoms with Gasteiger partial charge in [0.05, 0.1) is 21.8 Å². The number of pyridine rings is 1. The van der Waals surface area contributed by atoms with Crippen LogP contribution in [0.4, 0.5) is 0 Å². The van der Waals surface area contributed by atoms with Gasteiger partial charge in [-0.05, 0) is 62.5 Å². The molecule has 0 radical (unpaired) electrons. The molecule has 1 fully saturated rings. The van der Waals surface area contributed by atoms with E-state index in [0.717, 1.165) is 17.0 Å². The fraction of sp³-hybridized carbons (Fsp3) is 0.238. The maximum absolute atomic E-state index is 6.38. The Hall–Kier alpha value is -2.08. The van der Waals surface area contributed by atoms with Crippen molar-refractivity contribution in [1.29, 1.82) is 0 Å². The van der Waals surface area contributed by atoms with E-state index in [1.54, 1.807) is 12.3 Å². The van der Waals surface area contributed by atoms with Crippen LogP contribution < -0.4 is 5.32 Å². The molecule has 0 spiro atoms. The fourth-order valence-corrected chi connectivity index (χ4v) is 4.42. The zero-order valence-electron chi connectivity index (χ0n) is 15.4. The molecule has 0 amide bonds. The van der Waals surface area contributed by atoms with Crippen LogP contribution in [0, 0.1) is 0 Å². The summed E-state index contributed by atoms with van der Waals surface area (Å²) in [5.41, 5.74) is 1.68. The first-order valence-corrected chi connectivity index (χ1v) is 10.2. The summed E-state index contributed by atoms with van der Waals surface area (Å²) in [6, 6.07) is 15.2. The van der Waals surface area contributed by atoms with Crippen LogP contribution in [0.25, 0.3) is 11.3 Å². The minimum Gasteiger partial charge on any atom is -0.459 e. The lowest BCUT2D eigenvalue weighted by molar-refractivity contribution is 0.237. The van der Waals surface area contributed by atoms with Gasteiger partial charge in [-0.1, -0.05) is 35.3 Å². The highest BCUT2D eigenvalue weighted by atomic mass is 35.5. The lowest BCUT2D eigenvalue weighted by Gasteiger charge is -2.29. The van der Waals surface area contributed by atoms with Crippen LogP contribution in [0.1, 0.15) is 37.4 Å². The van der Waals surface area contributed by atoms with Gasteiger partial charge < -0.3 is 14.6 Å². The molecule has 2 atom stereocenters. The SMILES string of the molecule is CC(C)N1C(=S)N[C@H](c2ccccn2)[C@H]1c1ccc(-c2cccc(Cl)c2Cl)o1. The van der Waals surface area contributed by atoms with Crippen molar-refractivity contribution < 1.29 is 4.42 Å². The van der Waals surface area contributed by atoms with E-state index in [1.807, 2.05) is 42.5 Å². The summed E-state index contributed by atoms with van der Waals surface area (Å²) >= 11 is 18.2. The summed E-state index contributed by atoms with van der Waals surface area (Å²) in [7, 11) is 0. The summed E-state index contributed by atoms with van der Waals surface area (Å²) in [6.45, 7) is 4.22. The Morgan fingerprint density at radius 1 is 1.11 bits per heavy atom. The fourth-order valence-electron chi connectivity index (χ4n) is 3.58. The molecule has 4 rings (SSSR count). The second kappa shape index (κ2) is 7.74. The maximum Gasteiger partial charge on any atom is 0.170 e. The van der Waals surface area contributed by atoms with E-state index in [-0.39, 0.29) is 18.1 Å². The molecule has 1 aliphatic heterocycles. The van der Waals surface area contributed by atoms with E-state index in [0.29, 0.717) is 20.9 Å². The lowest BCUT2D eigenvalue weighted by Crippen LogP contribution is -2.35. The standard InChI is InChI=1S/C21H19Cl2N3OS/c1-12(2)26-20(19(25-21(26)28)15-8-3-4-11-24-15)17-10-9-16(27-17)13-6-5-7-14(22)18(13)23/h3-12,19-20H,1-2H3,(H,25,28)/t19-,20-/m1/s1. The number of halogens is 2. The van der Waals surface area contributed by atoms with Crippen molar-refractivity contribution in [3.63, 3.8) is 0 Å². The van der Waals surface area contributed by atoms with Crippen molar-refractivity contribution in [2.75, 3.05) is 0 Å². The largest absolute Gasteiger partial charge is 0.459 e. The molecule has 3 heterocycles. The third-order valence-corrected chi connectivity index (χ3v) is 5.97. The summed E-state index contributed by atoms with van der Waals surface area (Å²) < 4.78 is 6.26. The lowest BCUT2D eigenvalue weighted by atomic mass is 10.0. The van der Waals surface area contributed by atoms with Crippen molar-refractivity contribution >= 4 is 40.5 Å². The second-order valence-corrected chi connectivity index (χ2v) is 8.10. The van der Waals surface area contributed by atoms with E-state index in [9.17, 15) is 0 Å². The normalized spacial score (nSPS) is 19.3. The van der Waals surface area contributed by atoms with Crippen molar-refractivity contribution in [3.05, 3.63) is 76.2 Å². The van der Waals surface area contributed by atoms with Crippen LogP contribution in [0.3, 0.4) is 0 Å². The molecule has 4 nitrogen and oxygen atoms in total. The highest BCUT2D eigenvalue weighted by molar-refractivity contribution is 7.80. The molecule has 1 saturated heterocycles. The average Bonchev–Trinajstić information content (AvgIpc) is 3.29. The third kappa shape index (κ3) is 3.39. The summed E-state index contributed by atoms with van der Waals surface area (Å²) in [5.74, 6) is 1.46. The van der Waals surface area contributed by atoms with E-state index in [1.165, 1.54) is 0 Å². The molecule has 1 aliphatic rings. The van der Waals surface area contributed by atoms with Gasteiger partial charge in [0, 0.05) is 17.8 Å². The Balaban J connectivity index is 1.77. The monoisotopic (exact) mass is 431 g/mol. The number of benzene rings is 1. The molecule has 0 unspecified atom stereocenters. The molecule has 3 aromatic rings. The van der Waals surface area contributed by atoms with Crippen LogP contribution in [0.2, 0.25) is 10.0 Å². The first-order chi connectivity index (χ1) is 13.5. The van der Waals surface area contributed by atoms with Gasteiger partial charge in [0.15, 0.2) is 5.11 Å². The molecule has 28 heavy (non-hydrogen) atoms. The van der Waals surface area contributed by atoms with Crippen LogP contribution >= 0.6 is 35.4 Å². The minimum atomic E-state index is -0.117. The Morgan fingerprint density at radius 2 is 1.93 bits per heavy atom. The minimum absolute atomic E-state index is 0.107. The average molecular weight is 432 g/mol. The number of hydrogen-bond acceptors (Lipinski definition) is 3. The zero-order chi connectivity index (χ0) is 19.8. The Morgan fingerprint density at radius 3 is 2.64 bits per heavy atom. The van der Waals surface area contributed by atoms with E-state index in [2.05, 4.69) is 29.0 Å². The molecule has 0 aliphatic carbocycles. The Kier molecular flexibility index (Phi) is 5.32. The van der Waals surface area contributed by atoms with E-state index in [4.69, 9.17) is 39.8 Å². The molecule has 144 valence electrons. The summed E-state index contributed by atoms with van der Waals surface area (Å²) in [5, 5.41) is 5.07. The highest BCUT2D eigenvalue weighted by Crippen LogP contribution is 2.42. The Bertz CT molecular complexity index is 1010. The summed E-state index contributed by atoms with van der Waals surface area (Å²) in [6.07, 6.45) is 1.79. The van der Waals surface area contributed by atoms with Crippen molar-refractivity contribution in [2.45, 2.75) is 32.0 Å². The predicted octanol–water partition coefficient (Wildman–Crippen LogP) is 6.03. The van der Waals surface area contributed by atoms with Gasteiger partial charge in [-0.25, -0.2) is 0 Å². The Labute approximate surface area is 179 Å². The maximum atomic E-state index is 6.38. The highest BCUT2D eigenvalue weighted by Gasteiger charge is 2.42. The van der Waals surface area contributed by atoms with Crippen LogP contribution in [0.5, 0.6) is 0 Å². The quantitative estimate of drug-likeness (QED) is 0.510. The number of nitrogens with zero attached hydrogens (tertiary/aromatic N) is 2. The molecular formula is C21H19Cl2N3OS. The number of aromatic nitrogens is 1. The molecule has 1 N–H and O–H groups in total. The number of furan rings is 1. The smallest absolute Gasteiger partial charge is 0.170 e. The summed E-state index contributed by atoms with van der Waals surface area (Å²) in [4.78, 5) is 6.68.